The van der Waals surface area contributed by atoms with Crippen molar-refractivity contribution in [2.75, 3.05) is 4.72 Å². The van der Waals surface area contributed by atoms with E-state index in [4.69, 9.17) is 23.2 Å². The quantitative estimate of drug-likeness (QED) is 0.790. The third-order valence-electron chi connectivity index (χ3n) is 2.25. The van der Waals surface area contributed by atoms with Crippen LogP contribution in [0.15, 0.2) is 39.8 Å². The van der Waals surface area contributed by atoms with Gasteiger partial charge in [0, 0.05) is 0 Å². The van der Waals surface area contributed by atoms with Gasteiger partial charge in [-0.1, -0.05) is 29.3 Å². The molecule has 0 unspecified atom stereocenters. The van der Waals surface area contributed by atoms with Crippen LogP contribution in [0.25, 0.3) is 0 Å². The van der Waals surface area contributed by atoms with Gasteiger partial charge in [0.15, 0.2) is 5.82 Å². The van der Waals surface area contributed by atoms with E-state index < -0.39 is 20.7 Å². The van der Waals surface area contributed by atoms with Gasteiger partial charge in [0.2, 0.25) is 0 Å². The molecule has 2 aromatic rings. The standard InChI is InChI=1S/C11H6BrCl2FN2O2S/c12-7-4-6(5-16-11(7)14)17-20(18,19)9-3-1-2-8(13)10(9)15/h1-5,17H. The molecule has 1 aromatic heterocycles. The van der Waals surface area contributed by atoms with Crippen LogP contribution in [0.3, 0.4) is 0 Å². The average Bonchev–Trinajstić information content (AvgIpc) is 2.36. The molecule has 0 spiro atoms. The molecule has 0 fully saturated rings. The van der Waals surface area contributed by atoms with Crippen molar-refractivity contribution in [2.45, 2.75) is 4.90 Å². The van der Waals surface area contributed by atoms with Crippen LogP contribution in [-0.2, 0) is 10.0 Å². The summed E-state index contributed by atoms with van der Waals surface area (Å²) >= 11 is 14.4. The maximum atomic E-state index is 13.7. The van der Waals surface area contributed by atoms with Crippen molar-refractivity contribution in [3.05, 3.63) is 50.9 Å². The molecule has 9 heteroatoms. The van der Waals surface area contributed by atoms with Crippen molar-refractivity contribution in [2.24, 2.45) is 0 Å². The highest BCUT2D eigenvalue weighted by Crippen LogP contribution is 2.26. The van der Waals surface area contributed by atoms with Crippen molar-refractivity contribution in [3.63, 3.8) is 0 Å². The minimum Gasteiger partial charge on any atom is -0.278 e. The Morgan fingerprint density at radius 1 is 1.30 bits per heavy atom. The van der Waals surface area contributed by atoms with Gasteiger partial charge in [-0.2, -0.15) is 0 Å². The Kier molecular flexibility index (Phi) is 4.53. The molecule has 0 atom stereocenters. The lowest BCUT2D eigenvalue weighted by Crippen LogP contribution is -2.15. The van der Waals surface area contributed by atoms with Crippen LogP contribution >= 0.6 is 39.1 Å². The molecule has 4 nitrogen and oxygen atoms in total. The molecule has 1 aromatic carbocycles. The number of benzene rings is 1. The first-order valence-corrected chi connectivity index (χ1v) is 8.12. The maximum absolute atomic E-state index is 13.7. The molecular formula is C11H6BrCl2FN2O2S. The summed E-state index contributed by atoms with van der Waals surface area (Å²) in [5, 5.41) is -0.0924. The molecule has 0 aliphatic rings. The fraction of sp³-hybridized carbons (Fsp3) is 0. The molecule has 0 aliphatic heterocycles. The van der Waals surface area contributed by atoms with Crippen LogP contribution < -0.4 is 4.72 Å². The van der Waals surface area contributed by atoms with Crippen molar-refractivity contribution in [3.8, 4) is 0 Å². The van der Waals surface area contributed by atoms with E-state index in [-0.39, 0.29) is 15.9 Å². The van der Waals surface area contributed by atoms with E-state index in [1.165, 1.54) is 24.4 Å². The number of aromatic nitrogens is 1. The van der Waals surface area contributed by atoms with Gasteiger partial charge in [0.05, 0.1) is 21.4 Å². The number of hydrogen-bond donors (Lipinski definition) is 1. The first-order chi connectivity index (χ1) is 9.31. The van der Waals surface area contributed by atoms with Crippen molar-refractivity contribution < 1.29 is 12.8 Å². The zero-order chi connectivity index (χ0) is 14.9. The molecule has 1 N–H and O–H groups in total. The Morgan fingerprint density at radius 3 is 2.65 bits per heavy atom. The molecule has 0 radical (unpaired) electrons. The van der Waals surface area contributed by atoms with Gasteiger partial charge in [-0.15, -0.1) is 0 Å². The predicted octanol–water partition coefficient (Wildman–Crippen LogP) is 4.09. The maximum Gasteiger partial charge on any atom is 0.264 e. The smallest absolute Gasteiger partial charge is 0.264 e. The van der Waals surface area contributed by atoms with E-state index in [9.17, 15) is 12.8 Å². The van der Waals surface area contributed by atoms with E-state index in [0.717, 1.165) is 6.07 Å². The molecule has 2 rings (SSSR count). The first kappa shape index (κ1) is 15.5. The van der Waals surface area contributed by atoms with Crippen LogP contribution in [0.2, 0.25) is 10.2 Å². The molecule has 1 heterocycles. The molecule has 0 bridgehead atoms. The summed E-state index contributed by atoms with van der Waals surface area (Å²) in [5.74, 6) is -1.01. The van der Waals surface area contributed by atoms with E-state index in [1.54, 1.807) is 0 Å². The minimum absolute atomic E-state index is 0.139. The monoisotopic (exact) mass is 398 g/mol. The summed E-state index contributed by atoms with van der Waals surface area (Å²) in [7, 11) is -4.11. The molecule has 0 amide bonds. The van der Waals surface area contributed by atoms with E-state index >= 15 is 0 Å². The highest BCUT2D eigenvalue weighted by molar-refractivity contribution is 9.10. The second-order valence-corrected chi connectivity index (χ2v) is 6.92. The Bertz CT molecular complexity index is 771. The number of hydrogen-bond acceptors (Lipinski definition) is 3. The number of sulfonamides is 1. The normalized spacial score (nSPS) is 11.4. The number of anilines is 1. The van der Waals surface area contributed by atoms with Gasteiger partial charge in [-0.05, 0) is 34.1 Å². The minimum atomic E-state index is -4.11. The second-order valence-electron chi connectivity index (χ2n) is 3.65. The Hall–Kier alpha value is -0.890. The lowest BCUT2D eigenvalue weighted by atomic mass is 10.3. The largest absolute Gasteiger partial charge is 0.278 e. The van der Waals surface area contributed by atoms with Gasteiger partial charge < -0.3 is 0 Å². The third-order valence-corrected chi connectivity index (χ3v) is 5.08. The van der Waals surface area contributed by atoms with Gasteiger partial charge >= 0.3 is 0 Å². The summed E-state index contributed by atoms with van der Waals surface area (Å²) in [5.41, 5.74) is 0.139. The van der Waals surface area contributed by atoms with Gasteiger partial charge in [0.1, 0.15) is 10.0 Å². The molecule has 0 saturated carbocycles. The summed E-state index contributed by atoms with van der Waals surface area (Å²) in [4.78, 5) is 3.22. The summed E-state index contributed by atoms with van der Waals surface area (Å²) in [6, 6.07) is 5.13. The number of nitrogens with one attached hydrogen (secondary N) is 1. The van der Waals surface area contributed by atoms with Crippen molar-refractivity contribution in [1.82, 2.24) is 4.98 Å². The number of pyridine rings is 1. The van der Waals surface area contributed by atoms with E-state index in [1.807, 2.05) is 0 Å². The summed E-state index contributed by atoms with van der Waals surface area (Å²) in [6.07, 6.45) is 1.22. The fourth-order valence-corrected chi connectivity index (χ4v) is 3.20. The SMILES string of the molecule is O=S(=O)(Nc1cnc(Cl)c(Br)c1)c1cccc(Cl)c1F. The van der Waals surface area contributed by atoms with Crippen LogP contribution in [0, 0.1) is 5.82 Å². The Morgan fingerprint density at radius 2 is 2.00 bits per heavy atom. The van der Waals surface area contributed by atoms with Crippen molar-refractivity contribution >= 4 is 54.8 Å². The van der Waals surface area contributed by atoms with Gasteiger partial charge in [-0.3, -0.25) is 4.72 Å². The number of halogens is 4. The third kappa shape index (κ3) is 3.22. The zero-order valence-corrected chi connectivity index (χ0v) is 13.5. The first-order valence-electron chi connectivity index (χ1n) is 5.09. The number of rotatable bonds is 3. The van der Waals surface area contributed by atoms with Crippen LogP contribution in [-0.4, -0.2) is 13.4 Å². The topological polar surface area (TPSA) is 59.1 Å². The van der Waals surface area contributed by atoms with Crippen LogP contribution in [0.1, 0.15) is 0 Å². The number of nitrogens with zero attached hydrogens (tertiary/aromatic N) is 1. The van der Waals surface area contributed by atoms with Crippen molar-refractivity contribution in [1.29, 1.82) is 0 Å². The average molecular weight is 400 g/mol. The predicted molar refractivity (Wildman–Crippen MR) is 79.2 cm³/mol. The highest BCUT2D eigenvalue weighted by atomic mass is 79.9. The van der Waals surface area contributed by atoms with Crippen LogP contribution in [0.5, 0.6) is 0 Å². The zero-order valence-electron chi connectivity index (χ0n) is 9.57. The van der Waals surface area contributed by atoms with Gasteiger partial charge in [0.25, 0.3) is 10.0 Å². The second kappa shape index (κ2) is 5.85. The summed E-state index contributed by atoms with van der Waals surface area (Å²) < 4.78 is 40.5. The van der Waals surface area contributed by atoms with E-state index in [0.29, 0.717) is 4.47 Å². The summed E-state index contributed by atoms with van der Waals surface area (Å²) in [6.45, 7) is 0. The molecule has 0 saturated heterocycles. The van der Waals surface area contributed by atoms with E-state index in [2.05, 4.69) is 25.6 Å². The molecule has 20 heavy (non-hydrogen) atoms. The Balaban J connectivity index is 2.41. The highest BCUT2D eigenvalue weighted by Gasteiger charge is 2.21. The fourth-order valence-electron chi connectivity index (χ4n) is 1.38. The lowest BCUT2D eigenvalue weighted by molar-refractivity contribution is 0.570. The van der Waals surface area contributed by atoms with Gasteiger partial charge in [-0.25, -0.2) is 17.8 Å². The lowest BCUT2D eigenvalue weighted by Gasteiger charge is -2.09. The van der Waals surface area contributed by atoms with Crippen LogP contribution in [0.4, 0.5) is 10.1 Å². The molecular weight excluding hydrogens is 394 g/mol. The Labute approximate surface area is 133 Å². The molecule has 0 aliphatic carbocycles. The molecule has 106 valence electrons.